The lowest BCUT2D eigenvalue weighted by molar-refractivity contribution is 0.628. The summed E-state index contributed by atoms with van der Waals surface area (Å²) in [5.74, 6) is -0.0794. The van der Waals surface area contributed by atoms with Gasteiger partial charge in [-0.2, -0.15) is 0 Å². The Kier molecular flexibility index (Phi) is 3.28. The second-order valence-electron chi connectivity index (χ2n) is 6.75. The minimum absolute atomic E-state index is 0.130. The van der Waals surface area contributed by atoms with Crippen LogP contribution in [0.4, 0.5) is 4.39 Å². The number of hydrogen-bond donors (Lipinski definition) is 1. The highest BCUT2D eigenvalue weighted by Crippen LogP contribution is 2.33. The third-order valence-corrected chi connectivity index (χ3v) is 5.14. The molecule has 0 aliphatic heterocycles. The number of aromatic nitrogens is 3. The van der Waals surface area contributed by atoms with E-state index in [0.717, 1.165) is 29.7 Å². The maximum atomic E-state index is 13.2. The number of benzene rings is 2. The minimum atomic E-state index is -0.289. The lowest BCUT2D eigenvalue weighted by Crippen LogP contribution is -2.17. The Hall–Kier alpha value is -3.21. The standard InChI is InChI=1S/C21H16FN3O/c22-17-7-5-13(6-8-17)18-12-23-25-20(26)11-19(24-21(18)25)16-9-14-3-1-2-4-15(14)10-16/h1-8,11-12,16,23H,9-10H2. The zero-order valence-corrected chi connectivity index (χ0v) is 13.9. The average molecular weight is 345 g/mol. The van der Waals surface area contributed by atoms with Gasteiger partial charge >= 0.3 is 0 Å². The molecule has 0 amide bonds. The number of halogens is 1. The smallest absolute Gasteiger partial charge is 0.272 e. The quantitative estimate of drug-likeness (QED) is 0.602. The maximum Gasteiger partial charge on any atom is 0.272 e. The van der Waals surface area contributed by atoms with Crippen LogP contribution in [0.1, 0.15) is 22.7 Å². The summed E-state index contributed by atoms with van der Waals surface area (Å²) in [6.45, 7) is 0. The van der Waals surface area contributed by atoms with Gasteiger partial charge in [-0.15, -0.1) is 0 Å². The van der Waals surface area contributed by atoms with E-state index >= 15 is 0 Å². The van der Waals surface area contributed by atoms with Crippen molar-refractivity contribution in [2.45, 2.75) is 18.8 Å². The second-order valence-corrected chi connectivity index (χ2v) is 6.75. The molecule has 1 N–H and O–H groups in total. The maximum absolute atomic E-state index is 13.2. The lowest BCUT2D eigenvalue weighted by Gasteiger charge is -2.09. The SMILES string of the molecule is O=c1cc(C2Cc3ccccc3C2)nc2c(-c3ccc(F)cc3)c[nH]n12. The Labute approximate surface area is 148 Å². The first-order valence-corrected chi connectivity index (χ1v) is 8.63. The van der Waals surface area contributed by atoms with Gasteiger partial charge in [0.1, 0.15) is 5.82 Å². The number of fused-ring (bicyclic) bond motifs is 2. The molecule has 0 unspecified atom stereocenters. The van der Waals surface area contributed by atoms with Gasteiger partial charge < -0.3 is 0 Å². The molecule has 128 valence electrons. The molecule has 4 nitrogen and oxygen atoms in total. The molecule has 2 aromatic heterocycles. The van der Waals surface area contributed by atoms with Crippen molar-refractivity contribution in [1.82, 2.24) is 14.6 Å². The van der Waals surface area contributed by atoms with Crippen molar-refractivity contribution in [3.05, 3.63) is 93.8 Å². The molecule has 0 radical (unpaired) electrons. The average Bonchev–Trinajstić information content (AvgIpc) is 3.26. The van der Waals surface area contributed by atoms with Crippen LogP contribution in [0, 0.1) is 5.82 Å². The molecule has 5 rings (SSSR count). The molecule has 4 aromatic rings. The van der Waals surface area contributed by atoms with Gasteiger partial charge in [-0.05, 0) is 41.7 Å². The molecule has 2 heterocycles. The summed E-state index contributed by atoms with van der Waals surface area (Å²) in [4.78, 5) is 17.4. The van der Waals surface area contributed by atoms with Crippen molar-refractivity contribution >= 4 is 5.65 Å². The summed E-state index contributed by atoms with van der Waals surface area (Å²) in [6.07, 6.45) is 3.54. The third kappa shape index (κ3) is 2.36. The Bertz CT molecular complexity index is 1150. The van der Waals surface area contributed by atoms with Crippen molar-refractivity contribution in [1.29, 1.82) is 0 Å². The number of rotatable bonds is 2. The van der Waals surface area contributed by atoms with Gasteiger partial charge in [0.05, 0.1) is 5.69 Å². The van der Waals surface area contributed by atoms with Crippen molar-refractivity contribution in [2.75, 3.05) is 0 Å². The number of hydrogen-bond acceptors (Lipinski definition) is 2. The zero-order valence-electron chi connectivity index (χ0n) is 13.9. The molecule has 2 aromatic carbocycles. The highest BCUT2D eigenvalue weighted by Gasteiger charge is 2.25. The van der Waals surface area contributed by atoms with Crippen molar-refractivity contribution in [3.8, 4) is 11.1 Å². The first kappa shape index (κ1) is 15.1. The summed E-state index contributed by atoms with van der Waals surface area (Å²) in [6, 6.07) is 16.2. The fourth-order valence-corrected chi connectivity index (χ4v) is 3.82. The summed E-state index contributed by atoms with van der Waals surface area (Å²) in [5, 5.41) is 2.95. The predicted octanol–water partition coefficient (Wildman–Crippen LogP) is 3.71. The molecule has 0 saturated carbocycles. The Morgan fingerprint density at radius 1 is 1.04 bits per heavy atom. The van der Waals surface area contributed by atoms with Gasteiger partial charge in [-0.3, -0.25) is 9.89 Å². The molecular formula is C21H16FN3O. The first-order chi connectivity index (χ1) is 12.7. The van der Waals surface area contributed by atoms with Crippen LogP contribution in [0.15, 0.2) is 65.6 Å². The van der Waals surface area contributed by atoms with Gasteiger partial charge in [0.15, 0.2) is 5.65 Å². The van der Waals surface area contributed by atoms with E-state index < -0.39 is 0 Å². The topological polar surface area (TPSA) is 50.2 Å². The monoisotopic (exact) mass is 345 g/mol. The van der Waals surface area contributed by atoms with Crippen LogP contribution in [0.3, 0.4) is 0 Å². The van der Waals surface area contributed by atoms with E-state index in [9.17, 15) is 9.18 Å². The summed E-state index contributed by atoms with van der Waals surface area (Å²) < 4.78 is 14.7. The van der Waals surface area contributed by atoms with Crippen LogP contribution < -0.4 is 5.56 Å². The predicted molar refractivity (Wildman–Crippen MR) is 97.8 cm³/mol. The highest BCUT2D eigenvalue weighted by molar-refractivity contribution is 5.76. The second kappa shape index (κ2) is 5.66. The van der Waals surface area contributed by atoms with Crippen LogP contribution >= 0.6 is 0 Å². The summed E-state index contributed by atoms with van der Waals surface area (Å²) in [7, 11) is 0. The summed E-state index contributed by atoms with van der Waals surface area (Å²) in [5.41, 5.74) is 5.53. The largest absolute Gasteiger partial charge is 0.296 e. The van der Waals surface area contributed by atoms with E-state index in [1.54, 1.807) is 24.4 Å². The molecule has 1 aliphatic carbocycles. The van der Waals surface area contributed by atoms with Crippen molar-refractivity contribution in [3.63, 3.8) is 0 Å². The molecule has 0 bridgehead atoms. The van der Waals surface area contributed by atoms with Crippen molar-refractivity contribution in [2.24, 2.45) is 0 Å². The highest BCUT2D eigenvalue weighted by atomic mass is 19.1. The molecule has 26 heavy (non-hydrogen) atoms. The number of aromatic amines is 1. The lowest BCUT2D eigenvalue weighted by atomic mass is 10.0. The van der Waals surface area contributed by atoms with Crippen LogP contribution in [-0.2, 0) is 12.8 Å². The van der Waals surface area contributed by atoms with E-state index in [1.165, 1.54) is 27.8 Å². The van der Waals surface area contributed by atoms with E-state index in [2.05, 4.69) is 17.2 Å². The van der Waals surface area contributed by atoms with E-state index in [1.807, 2.05) is 12.1 Å². The summed E-state index contributed by atoms with van der Waals surface area (Å²) >= 11 is 0. The third-order valence-electron chi connectivity index (χ3n) is 5.14. The molecule has 5 heteroatoms. The molecule has 0 atom stereocenters. The Morgan fingerprint density at radius 3 is 2.42 bits per heavy atom. The van der Waals surface area contributed by atoms with Crippen LogP contribution in [-0.4, -0.2) is 14.6 Å². The number of H-pyrrole nitrogens is 1. The zero-order chi connectivity index (χ0) is 17.7. The Morgan fingerprint density at radius 2 is 1.73 bits per heavy atom. The normalized spacial score (nSPS) is 14.0. The molecule has 0 saturated heterocycles. The molecule has 0 fully saturated rings. The first-order valence-electron chi connectivity index (χ1n) is 8.63. The fourth-order valence-electron chi connectivity index (χ4n) is 3.82. The Balaban J connectivity index is 1.61. The molecule has 0 spiro atoms. The van der Waals surface area contributed by atoms with E-state index in [4.69, 9.17) is 4.98 Å². The van der Waals surface area contributed by atoms with E-state index in [0.29, 0.717) is 5.65 Å². The molecular weight excluding hydrogens is 329 g/mol. The minimum Gasteiger partial charge on any atom is -0.296 e. The van der Waals surface area contributed by atoms with Crippen LogP contribution in [0.5, 0.6) is 0 Å². The van der Waals surface area contributed by atoms with Gasteiger partial charge in [-0.25, -0.2) is 13.9 Å². The van der Waals surface area contributed by atoms with Gasteiger partial charge in [0, 0.05) is 23.7 Å². The van der Waals surface area contributed by atoms with Gasteiger partial charge in [0.25, 0.3) is 5.56 Å². The molecule has 1 aliphatic rings. The van der Waals surface area contributed by atoms with Crippen LogP contribution in [0.25, 0.3) is 16.8 Å². The fraction of sp³-hybridized carbons (Fsp3) is 0.143. The van der Waals surface area contributed by atoms with E-state index in [-0.39, 0.29) is 17.3 Å². The number of nitrogens with one attached hydrogen (secondary N) is 1. The van der Waals surface area contributed by atoms with Crippen LogP contribution in [0.2, 0.25) is 0 Å². The number of nitrogens with zero attached hydrogens (tertiary/aromatic N) is 2. The van der Waals surface area contributed by atoms with Crippen molar-refractivity contribution < 1.29 is 4.39 Å². The van der Waals surface area contributed by atoms with Gasteiger partial charge in [0.2, 0.25) is 0 Å². The van der Waals surface area contributed by atoms with Gasteiger partial charge in [-0.1, -0.05) is 36.4 Å².